The van der Waals surface area contributed by atoms with E-state index in [0.717, 1.165) is 0 Å². The number of halogens is 2. The van der Waals surface area contributed by atoms with E-state index in [0.29, 0.717) is 10.9 Å². The summed E-state index contributed by atoms with van der Waals surface area (Å²) in [5, 5.41) is 9.91. The number of benzene rings is 1. The second-order valence-corrected chi connectivity index (χ2v) is 4.33. The van der Waals surface area contributed by atoms with E-state index in [2.05, 4.69) is 10.9 Å². The second-order valence-electron chi connectivity index (χ2n) is 4.33. The number of hydrogen-bond acceptors (Lipinski definition) is 2. The number of nitrogens with zero attached hydrogens (tertiary/aromatic N) is 1. The quantitative estimate of drug-likeness (QED) is 0.621. The molecule has 0 saturated carbocycles. The van der Waals surface area contributed by atoms with Crippen LogP contribution in [-0.4, -0.2) is 10.1 Å². The van der Waals surface area contributed by atoms with E-state index in [1.165, 1.54) is 12.1 Å². The van der Waals surface area contributed by atoms with Crippen LogP contribution < -0.4 is 0 Å². The highest BCUT2D eigenvalue weighted by molar-refractivity contribution is 5.92. The maximum Gasteiger partial charge on any atom is 0.231 e. The first-order chi connectivity index (χ1) is 9.45. The minimum Gasteiger partial charge on any atom is -0.508 e. The molecular formula is C16H17F2NO. The molecule has 4 heteroatoms. The van der Waals surface area contributed by atoms with Crippen LogP contribution in [0.25, 0.3) is 10.8 Å². The Labute approximate surface area is 117 Å². The Morgan fingerprint density at radius 1 is 1.20 bits per heavy atom. The molecule has 20 heavy (non-hydrogen) atoms. The minimum absolute atomic E-state index is 0.0344. The van der Waals surface area contributed by atoms with Gasteiger partial charge in [-0.3, -0.25) is 0 Å². The van der Waals surface area contributed by atoms with Crippen LogP contribution in [0.15, 0.2) is 12.1 Å². The third kappa shape index (κ3) is 2.72. The number of aromatic hydroxyl groups is 1. The van der Waals surface area contributed by atoms with Gasteiger partial charge in [-0.1, -0.05) is 33.6 Å². The van der Waals surface area contributed by atoms with Crippen LogP contribution in [0.3, 0.4) is 0 Å². The van der Waals surface area contributed by atoms with E-state index in [4.69, 9.17) is 6.42 Å². The zero-order valence-corrected chi connectivity index (χ0v) is 12.0. The topological polar surface area (TPSA) is 33.1 Å². The van der Waals surface area contributed by atoms with Crippen molar-refractivity contribution in [3.63, 3.8) is 0 Å². The van der Waals surface area contributed by atoms with Crippen LogP contribution in [0.2, 0.25) is 0 Å². The molecule has 1 aromatic heterocycles. The van der Waals surface area contributed by atoms with Gasteiger partial charge in [-0.2, -0.15) is 13.8 Å². The normalized spacial score (nSPS) is 10.1. The van der Waals surface area contributed by atoms with Crippen LogP contribution in [0.1, 0.15) is 44.7 Å². The van der Waals surface area contributed by atoms with Gasteiger partial charge in [0.05, 0.1) is 5.56 Å². The molecule has 2 rings (SSSR count). The molecule has 2 nitrogen and oxygen atoms in total. The molecule has 0 bridgehead atoms. The van der Waals surface area contributed by atoms with Crippen LogP contribution in [-0.2, 0) is 0 Å². The molecule has 2 aromatic rings. The highest BCUT2D eigenvalue weighted by Gasteiger charge is 2.18. The van der Waals surface area contributed by atoms with Crippen LogP contribution in [0, 0.1) is 24.2 Å². The first kappa shape index (κ1) is 15.9. The maximum absolute atomic E-state index is 13.7. The summed E-state index contributed by atoms with van der Waals surface area (Å²) >= 11 is 0. The summed E-state index contributed by atoms with van der Waals surface area (Å²) in [6, 6.07) is 2.66. The third-order valence-electron chi connectivity index (χ3n) is 2.79. The Morgan fingerprint density at radius 3 is 2.30 bits per heavy atom. The molecule has 0 aliphatic carbocycles. The highest BCUT2D eigenvalue weighted by atomic mass is 19.1. The van der Waals surface area contributed by atoms with Crippen LogP contribution in [0.4, 0.5) is 8.78 Å². The number of hydrogen-bond donors (Lipinski definition) is 1. The zero-order chi connectivity index (χ0) is 15.4. The number of phenols is 1. The van der Waals surface area contributed by atoms with Crippen LogP contribution in [0.5, 0.6) is 5.75 Å². The fourth-order valence-electron chi connectivity index (χ4n) is 1.98. The molecule has 1 N–H and O–H groups in total. The molecule has 0 atom stereocenters. The van der Waals surface area contributed by atoms with Crippen molar-refractivity contribution in [1.29, 1.82) is 0 Å². The lowest BCUT2D eigenvalue weighted by atomic mass is 9.93. The maximum atomic E-state index is 13.7. The van der Waals surface area contributed by atoms with Crippen molar-refractivity contribution in [3.05, 3.63) is 35.2 Å². The summed E-state index contributed by atoms with van der Waals surface area (Å²) in [5.41, 5.74) is 0.522. The number of phenolic OH excluding ortho intramolecular Hbond substituents is 1. The Hall–Kier alpha value is -2.15. The molecule has 0 unspecified atom stereocenters. The number of fused-ring (bicyclic) bond motifs is 1. The number of rotatable bonds is 1. The van der Waals surface area contributed by atoms with Gasteiger partial charge in [-0.25, -0.2) is 0 Å². The first-order valence-corrected chi connectivity index (χ1v) is 6.44. The van der Waals surface area contributed by atoms with Crippen molar-refractivity contribution in [3.8, 4) is 18.1 Å². The fourth-order valence-corrected chi connectivity index (χ4v) is 1.98. The number of pyridine rings is 1. The summed E-state index contributed by atoms with van der Waals surface area (Å²) < 4.78 is 27.2. The minimum atomic E-state index is -1.00. The average molecular weight is 277 g/mol. The largest absolute Gasteiger partial charge is 0.508 e. The molecule has 0 saturated heterocycles. The summed E-state index contributed by atoms with van der Waals surface area (Å²) in [5.74, 6) is 0.0868. The molecule has 0 fully saturated rings. The van der Waals surface area contributed by atoms with Gasteiger partial charge < -0.3 is 5.11 Å². The van der Waals surface area contributed by atoms with Gasteiger partial charge in [0.15, 0.2) is 0 Å². The Morgan fingerprint density at radius 2 is 1.80 bits per heavy atom. The van der Waals surface area contributed by atoms with Crippen molar-refractivity contribution < 1.29 is 13.9 Å². The van der Waals surface area contributed by atoms with Gasteiger partial charge in [0.1, 0.15) is 5.75 Å². The smallest absolute Gasteiger partial charge is 0.231 e. The highest BCUT2D eigenvalue weighted by Crippen LogP contribution is 2.33. The predicted molar refractivity (Wildman–Crippen MR) is 76.7 cm³/mol. The molecule has 0 amide bonds. The Bertz CT molecular complexity index is 672. The van der Waals surface area contributed by atoms with Crippen molar-refractivity contribution in [1.82, 2.24) is 4.98 Å². The molecular weight excluding hydrogens is 260 g/mol. The number of aromatic nitrogens is 1. The van der Waals surface area contributed by atoms with E-state index in [9.17, 15) is 13.9 Å². The standard InChI is InChI=1S/C14H11F2NO.C2H6/c1-4-9-12-10(7(2)3)5-8(18)6-11(12)14(16)17-13(9)15;1-2/h1,5-7,18H,2-3H3;1-2H3. The summed E-state index contributed by atoms with van der Waals surface area (Å²) in [6.07, 6.45) is 5.26. The lowest BCUT2D eigenvalue weighted by Crippen LogP contribution is -2.00. The molecule has 0 spiro atoms. The Kier molecular flexibility index (Phi) is 5.04. The van der Waals surface area contributed by atoms with E-state index in [1.54, 1.807) is 0 Å². The summed E-state index contributed by atoms with van der Waals surface area (Å²) in [7, 11) is 0. The van der Waals surface area contributed by atoms with Gasteiger partial charge in [0, 0.05) is 10.8 Å². The van der Waals surface area contributed by atoms with E-state index >= 15 is 0 Å². The van der Waals surface area contributed by atoms with Crippen molar-refractivity contribution in [2.45, 2.75) is 33.6 Å². The lowest BCUT2D eigenvalue weighted by Gasteiger charge is -2.13. The molecule has 1 aromatic carbocycles. The van der Waals surface area contributed by atoms with Gasteiger partial charge >= 0.3 is 0 Å². The van der Waals surface area contributed by atoms with Crippen LogP contribution >= 0.6 is 0 Å². The second kappa shape index (κ2) is 6.33. The van der Waals surface area contributed by atoms with Gasteiger partial charge in [-0.05, 0) is 23.6 Å². The van der Waals surface area contributed by atoms with Crippen molar-refractivity contribution in [2.24, 2.45) is 0 Å². The number of terminal acetylenes is 1. The predicted octanol–water partition coefficient (Wildman–Crippen LogP) is 4.35. The molecule has 106 valence electrons. The van der Waals surface area contributed by atoms with Crippen molar-refractivity contribution >= 4 is 10.8 Å². The average Bonchev–Trinajstić information content (AvgIpc) is 2.41. The van der Waals surface area contributed by atoms with Gasteiger partial charge in [-0.15, -0.1) is 6.42 Å². The monoisotopic (exact) mass is 277 g/mol. The third-order valence-corrected chi connectivity index (χ3v) is 2.79. The Balaban J connectivity index is 0.000000956. The molecule has 0 radical (unpaired) electrons. The molecule has 0 aliphatic heterocycles. The van der Waals surface area contributed by atoms with E-state index in [1.807, 2.05) is 27.7 Å². The zero-order valence-electron chi connectivity index (χ0n) is 12.0. The van der Waals surface area contributed by atoms with E-state index < -0.39 is 11.9 Å². The lowest BCUT2D eigenvalue weighted by molar-refractivity contribution is 0.473. The van der Waals surface area contributed by atoms with E-state index in [-0.39, 0.29) is 22.6 Å². The summed E-state index contributed by atoms with van der Waals surface area (Å²) in [6.45, 7) is 7.70. The van der Waals surface area contributed by atoms with Gasteiger partial charge in [0.2, 0.25) is 11.9 Å². The van der Waals surface area contributed by atoms with Gasteiger partial charge in [0.25, 0.3) is 0 Å². The first-order valence-electron chi connectivity index (χ1n) is 6.44. The molecule has 1 heterocycles. The summed E-state index contributed by atoms with van der Waals surface area (Å²) in [4.78, 5) is 3.13. The van der Waals surface area contributed by atoms with Crippen molar-refractivity contribution in [2.75, 3.05) is 0 Å². The molecule has 0 aliphatic rings. The fraction of sp³-hybridized carbons (Fsp3) is 0.312. The SMILES string of the molecule is C#Cc1c(F)nc(F)c2cc(O)cc(C(C)C)c12.CC.